The van der Waals surface area contributed by atoms with Crippen LogP contribution in [0.3, 0.4) is 0 Å². The van der Waals surface area contributed by atoms with Gasteiger partial charge in [-0.2, -0.15) is 32.1 Å². The van der Waals surface area contributed by atoms with Crippen LogP contribution in [0.1, 0.15) is 21.7 Å². The molecule has 0 saturated heterocycles. The third-order valence-corrected chi connectivity index (χ3v) is 6.06. The molecule has 0 bridgehead atoms. The van der Waals surface area contributed by atoms with Crippen molar-refractivity contribution in [1.29, 1.82) is 0 Å². The number of alkyl halides is 5. The zero-order valence-electron chi connectivity index (χ0n) is 19.7. The molecule has 3 heterocycles. The lowest BCUT2D eigenvalue weighted by atomic mass is 10.1. The fraction of sp³-hybridized carbons (Fsp3) is 0.120. The Labute approximate surface area is 224 Å². The van der Waals surface area contributed by atoms with Crippen LogP contribution in [0.15, 0.2) is 66.9 Å². The predicted molar refractivity (Wildman–Crippen MR) is 129 cm³/mol. The molecule has 0 fully saturated rings. The lowest BCUT2D eigenvalue weighted by Crippen LogP contribution is -2.36. The molecular weight excluding hydrogens is 569 g/mol. The lowest BCUT2D eigenvalue weighted by Gasteiger charge is -2.21. The number of hydrogen-bond donors (Lipinski definition) is 1. The van der Waals surface area contributed by atoms with Crippen LogP contribution >= 0.6 is 11.6 Å². The number of nitrogens with one attached hydrogen (secondary N) is 1. The van der Waals surface area contributed by atoms with Crippen molar-refractivity contribution in [3.8, 4) is 11.3 Å². The number of halogens is 8. The Morgan fingerprint density at radius 3 is 2.27 bits per heavy atom. The lowest BCUT2D eigenvalue weighted by molar-refractivity contribution is -0.291. The molecule has 3 aromatic heterocycles. The summed E-state index contributed by atoms with van der Waals surface area (Å²) >= 11 is 6.01. The van der Waals surface area contributed by atoms with E-state index in [2.05, 4.69) is 20.5 Å². The van der Waals surface area contributed by atoms with Crippen LogP contribution in [0.4, 0.5) is 36.6 Å². The third-order valence-electron chi connectivity index (χ3n) is 5.71. The van der Waals surface area contributed by atoms with E-state index in [1.165, 1.54) is 29.1 Å². The first-order chi connectivity index (χ1) is 18.8. The maximum Gasteiger partial charge on any atom is 0.459 e. The minimum atomic E-state index is -5.99. The summed E-state index contributed by atoms with van der Waals surface area (Å²) in [4.78, 5) is 16.9. The van der Waals surface area contributed by atoms with Crippen molar-refractivity contribution < 1.29 is 35.5 Å². The number of nitrogens with zero attached hydrogens (tertiary/aromatic N) is 5. The third kappa shape index (κ3) is 5.21. The molecule has 0 unspecified atom stereocenters. The second-order valence-electron chi connectivity index (χ2n) is 8.49. The molecule has 2 aromatic carbocycles. The van der Waals surface area contributed by atoms with E-state index in [4.69, 9.17) is 11.6 Å². The van der Waals surface area contributed by atoms with Gasteiger partial charge in [0.2, 0.25) is 0 Å². The Hall–Kier alpha value is -4.46. The van der Waals surface area contributed by atoms with Crippen molar-refractivity contribution in [2.45, 2.75) is 18.6 Å². The summed E-state index contributed by atoms with van der Waals surface area (Å²) in [7, 11) is 0. The fourth-order valence-electron chi connectivity index (χ4n) is 3.74. The van der Waals surface area contributed by atoms with Gasteiger partial charge in [-0.05, 0) is 48.0 Å². The molecule has 1 N–H and O–H groups in total. The van der Waals surface area contributed by atoms with E-state index in [0.717, 1.165) is 36.4 Å². The molecular formula is C25H14ClF7N6O. The number of fused-ring (bicyclic) bond motifs is 1. The van der Waals surface area contributed by atoms with E-state index in [-0.39, 0.29) is 33.2 Å². The maximum absolute atomic E-state index is 14.5. The zero-order valence-corrected chi connectivity index (χ0v) is 20.5. The van der Waals surface area contributed by atoms with Crippen molar-refractivity contribution in [3.63, 3.8) is 0 Å². The van der Waals surface area contributed by atoms with E-state index in [1.54, 1.807) is 0 Å². The first kappa shape index (κ1) is 27.1. The van der Waals surface area contributed by atoms with Crippen molar-refractivity contribution >= 4 is 29.0 Å². The highest BCUT2D eigenvalue weighted by Gasteiger charge is 2.60. The Morgan fingerprint density at radius 1 is 0.900 bits per heavy atom. The molecule has 0 aliphatic heterocycles. The Kier molecular flexibility index (Phi) is 6.74. The molecule has 206 valence electrons. The van der Waals surface area contributed by atoms with Crippen LogP contribution in [-0.2, 0) is 12.5 Å². The summed E-state index contributed by atoms with van der Waals surface area (Å²) in [5, 5.41) is 10.3. The number of anilines is 1. The summed E-state index contributed by atoms with van der Waals surface area (Å²) in [5.74, 6) is -7.52. The molecule has 1 amide bonds. The van der Waals surface area contributed by atoms with Gasteiger partial charge in [-0.1, -0.05) is 17.7 Å². The number of carbonyl (C=O) groups is 1. The number of aromatic nitrogens is 5. The number of amides is 1. The van der Waals surface area contributed by atoms with Crippen LogP contribution in [0.2, 0.25) is 5.02 Å². The average molecular weight is 583 g/mol. The van der Waals surface area contributed by atoms with Gasteiger partial charge in [0.25, 0.3) is 5.91 Å². The van der Waals surface area contributed by atoms with E-state index < -0.39 is 46.7 Å². The number of rotatable bonds is 6. The van der Waals surface area contributed by atoms with Gasteiger partial charge in [-0.3, -0.25) is 9.48 Å². The van der Waals surface area contributed by atoms with Crippen LogP contribution in [0.5, 0.6) is 0 Å². The van der Waals surface area contributed by atoms with E-state index in [0.29, 0.717) is 11.6 Å². The molecule has 0 atom stereocenters. The fourth-order valence-corrected chi connectivity index (χ4v) is 3.97. The normalized spacial score (nSPS) is 12.2. The highest BCUT2D eigenvalue weighted by atomic mass is 35.5. The topological polar surface area (TPSA) is 77.1 Å². The zero-order chi connectivity index (χ0) is 28.8. The largest absolute Gasteiger partial charge is 0.459 e. The summed E-state index contributed by atoms with van der Waals surface area (Å²) in [6.07, 6.45) is -4.52. The quantitative estimate of drug-likeness (QED) is 0.233. The second-order valence-corrected chi connectivity index (χ2v) is 8.90. The smallest absolute Gasteiger partial charge is 0.304 e. The van der Waals surface area contributed by atoms with Gasteiger partial charge in [0, 0.05) is 28.9 Å². The van der Waals surface area contributed by atoms with Gasteiger partial charge >= 0.3 is 12.1 Å². The van der Waals surface area contributed by atoms with Gasteiger partial charge in [0.05, 0.1) is 12.2 Å². The summed E-state index contributed by atoms with van der Waals surface area (Å²) < 4.78 is 97.2. The predicted octanol–water partition coefficient (Wildman–Crippen LogP) is 6.48. The first-order valence-corrected chi connectivity index (χ1v) is 11.6. The molecule has 0 aliphatic carbocycles. The van der Waals surface area contributed by atoms with Crippen LogP contribution in [-0.4, -0.2) is 36.5 Å². The van der Waals surface area contributed by atoms with Gasteiger partial charge < -0.3 is 5.32 Å². The average Bonchev–Trinajstić information content (AvgIpc) is 3.51. The van der Waals surface area contributed by atoms with E-state index in [9.17, 15) is 35.5 Å². The van der Waals surface area contributed by atoms with Crippen LogP contribution in [0, 0.1) is 11.6 Å². The second kappa shape index (κ2) is 9.93. The molecule has 40 heavy (non-hydrogen) atoms. The Morgan fingerprint density at radius 2 is 1.60 bits per heavy atom. The molecule has 0 aliphatic rings. The van der Waals surface area contributed by atoms with Crippen LogP contribution < -0.4 is 5.32 Å². The molecule has 0 radical (unpaired) electrons. The van der Waals surface area contributed by atoms with Crippen molar-refractivity contribution in [1.82, 2.24) is 24.4 Å². The van der Waals surface area contributed by atoms with Gasteiger partial charge in [0.1, 0.15) is 17.3 Å². The van der Waals surface area contributed by atoms with Crippen LogP contribution in [0.25, 0.3) is 16.9 Å². The minimum Gasteiger partial charge on any atom is -0.304 e. The summed E-state index contributed by atoms with van der Waals surface area (Å²) in [6.45, 7) is 0.120. The molecule has 5 rings (SSSR count). The molecule has 0 saturated carbocycles. The molecule has 5 aromatic rings. The standard InChI is InChI=1S/C25H14ClF7N6O/c26-17-9-16(28)6-3-14(17)12-38-8-7-21(37-38)35-23(40)19-11-22-34-18(13-1-4-15(27)5-2-13)10-20(39(22)36-19)24(29,30)25(31,32)33/h1-11H,12H2,(H,35,37,40). The highest BCUT2D eigenvalue weighted by molar-refractivity contribution is 6.31. The Balaban J connectivity index is 1.47. The minimum absolute atomic E-state index is 0.00101. The van der Waals surface area contributed by atoms with Gasteiger partial charge in [-0.25, -0.2) is 18.3 Å². The number of benzene rings is 2. The van der Waals surface area contributed by atoms with Crippen molar-refractivity contribution in [3.05, 3.63) is 100 Å². The Bertz CT molecular complexity index is 1730. The molecule has 0 spiro atoms. The monoisotopic (exact) mass is 582 g/mol. The van der Waals surface area contributed by atoms with E-state index >= 15 is 0 Å². The maximum atomic E-state index is 14.5. The van der Waals surface area contributed by atoms with E-state index in [1.807, 2.05) is 0 Å². The molecule has 7 nitrogen and oxygen atoms in total. The number of carbonyl (C=O) groups excluding carboxylic acids is 1. The molecule has 15 heteroatoms. The number of hydrogen-bond acceptors (Lipinski definition) is 4. The van der Waals surface area contributed by atoms with Gasteiger partial charge in [-0.15, -0.1) is 0 Å². The SMILES string of the molecule is O=C(Nc1ccn(Cc2ccc(F)cc2Cl)n1)c1cc2nc(-c3ccc(F)cc3)cc(C(F)(F)C(F)(F)F)n2n1. The van der Waals surface area contributed by atoms with Crippen molar-refractivity contribution in [2.75, 3.05) is 5.32 Å². The van der Waals surface area contributed by atoms with Gasteiger partial charge in [0.15, 0.2) is 17.2 Å². The highest BCUT2D eigenvalue weighted by Crippen LogP contribution is 2.44. The van der Waals surface area contributed by atoms with Crippen molar-refractivity contribution in [2.24, 2.45) is 0 Å². The summed E-state index contributed by atoms with van der Waals surface area (Å²) in [5.41, 5.74) is -2.34. The summed E-state index contributed by atoms with van der Waals surface area (Å²) in [6, 6.07) is 10.9. The first-order valence-electron chi connectivity index (χ1n) is 11.2.